The monoisotopic (exact) mass is 290 g/mol. The summed E-state index contributed by atoms with van der Waals surface area (Å²) in [5.74, 6) is 0.716. The largest absolute Gasteiger partial charge is 0.489 e. The summed E-state index contributed by atoms with van der Waals surface area (Å²) in [6.07, 6.45) is 1.63. The van der Waals surface area contributed by atoms with E-state index in [4.69, 9.17) is 10.00 Å². The van der Waals surface area contributed by atoms with Crippen LogP contribution in [0.5, 0.6) is 5.75 Å². The van der Waals surface area contributed by atoms with Gasteiger partial charge in [0.1, 0.15) is 18.9 Å². The molecule has 0 bridgehead atoms. The summed E-state index contributed by atoms with van der Waals surface area (Å²) in [5.41, 5.74) is 0.931. The molecule has 1 aromatic heterocycles. The van der Waals surface area contributed by atoms with E-state index in [1.54, 1.807) is 18.3 Å². The Labute approximate surface area is 127 Å². The number of hydrogen-bond acceptors (Lipinski definition) is 3. The van der Waals surface area contributed by atoms with Gasteiger partial charge in [-0.05, 0) is 35.2 Å². The van der Waals surface area contributed by atoms with Gasteiger partial charge in [0, 0.05) is 11.6 Å². The minimum Gasteiger partial charge on any atom is -0.489 e. The summed E-state index contributed by atoms with van der Waals surface area (Å²) in [5, 5.41) is 10.1. The summed E-state index contributed by atoms with van der Waals surface area (Å²) in [6.45, 7) is 0.541. The van der Waals surface area contributed by atoms with Crippen LogP contribution in [0.4, 0.5) is 0 Å². The lowest BCUT2D eigenvalue weighted by molar-refractivity contribution is 0.306. The zero-order chi connectivity index (χ0) is 15.4. The van der Waals surface area contributed by atoms with Crippen LogP contribution in [0.2, 0.25) is 0 Å². The Bertz CT molecular complexity index is 892. The van der Waals surface area contributed by atoms with Crippen LogP contribution in [0.25, 0.3) is 10.8 Å². The highest BCUT2D eigenvalue weighted by Crippen LogP contribution is 2.19. The molecule has 4 heteroatoms. The molecule has 0 atom stereocenters. The second-order valence-corrected chi connectivity index (χ2v) is 4.93. The Hall–Kier alpha value is -3.06. The first-order valence-corrected chi connectivity index (χ1v) is 6.95. The van der Waals surface area contributed by atoms with Gasteiger partial charge < -0.3 is 9.30 Å². The van der Waals surface area contributed by atoms with Crippen LogP contribution in [0.3, 0.4) is 0 Å². The van der Waals surface area contributed by atoms with Crippen molar-refractivity contribution >= 4 is 10.8 Å². The molecule has 0 aliphatic heterocycles. The molecule has 3 aromatic rings. The lowest BCUT2D eigenvalue weighted by atomic mass is 10.1. The van der Waals surface area contributed by atoms with Gasteiger partial charge in [0.15, 0.2) is 0 Å². The van der Waals surface area contributed by atoms with Crippen LogP contribution in [0.1, 0.15) is 5.56 Å². The van der Waals surface area contributed by atoms with Crippen molar-refractivity contribution in [2.24, 2.45) is 0 Å². The summed E-state index contributed by atoms with van der Waals surface area (Å²) in [6, 6.07) is 19.1. The van der Waals surface area contributed by atoms with Crippen LogP contribution in [0.15, 0.2) is 65.6 Å². The highest BCUT2D eigenvalue weighted by molar-refractivity contribution is 5.82. The molecule has 0 amide bonds. The normalized spacial score (nSPS) is 10.3. The number of aromatic nitrogens is 1. The van der Waals surface area contributed by atoms with E-state index in [9.17, 15) is 4.79 Å². The number of benzene rings is 2. The smallest absolute Gasteiger partial charge is 0.259 e. The van der Waals surface area contributed by atoms with Gasteiger partial charge in [-0.3, -0.25) is 4.79 Å². The van der Waals surface area contributed by atoms with E-state index < -0.39 is 0 Å². The lowest BCUT2D eigenvalue weighted by Crippen LogP contribution is -2.18. The summed E-state index contributed by atoms with van der Waals surface area (Å²) in [7, 11) is 0. The zero-order valence-electron chi connectivity index (χ0n) is 11.9. The van der Waals surface area contributed by atoms with Gasteiger partial charge in [0.2, 0.25) is 0 Å². The minimum atomic E-state index is -0.159. The second kappa shape index (κ2) is 6.15. The molecule has 0 N–H and O–H groups in total. The maximum absolute atomic E-state index is 12.2. The fourth-order valence-electron chi connectivity index (χ4n) is 2.30. The van der Waals surface area contributed by atoms with Gasteiger partial charge in [-0.2, -0.15) is 5.26 Å². The van der Waals surface area contributed by atoms with Crippen LogP contribution in [-0.2, 0) is 13.2 Å². The zero-order valence-corrected chi connectivity index (χ0v) is 11.9. The molecule has 108 valence electrons. The molecule has 0 aliphatic carbocycles. The van der Waals surface area contributed by atoms with E-state index in [0.29, 0.717) is 17.7 Å². The second-order valence-electron chi connectivity index (χ2n) is 4.93. The van der Waals surface area contributed by atoms with Gasteiger partial charge >= 0.3 is 0 Å². The molecular formula is C18H14N2O2. The van der Waals surface area contributed by atoms with E-state index >= 15 is 0 Å². The average molecular weight is 290 g/mol. The summed E-state index contributed by atoms with van der Waals surface area (Å²) < 4.78 is 7.15. The minimum absolute atomic E-state index is 0.0566. The van der Waals surface area contributed by atoms with Crippen LogP contribution in [-0.4, -0.2) is 4.57 Å². The Morgan fingerprint density at radius 1 is 1.09 bits per heavy atom. The predicted molar refractivity (Wildman–Crippen MR) is 84.6 cm³/mol. The Morgan fingerprint density at radius 3 is 2.68 bits per heavy atom. The molecule has 0 saturated heterocycles. The number of pyridine rings is 1. The lowest BCUT2D eigenvalue weighted by Gasteiger charge is -2.08. The summed E-state index contributed by atoms with van der Waals surface area (Å²) in [4.78, 5) is 12.2. The third kappa shape index (κ3) is 2.84. The van der Waals surface area contributed by atoms with Crippen molar-refractivity contribution in [2.45, 2.75) is 13.2 Å². The van der Waals surface area contributed by atoms with Gasteiger partial charge in [0.25, 0.3) is 5.56 Å². The molecular weight excluding hydrogens is 276 g/mol. The molecule has 3 rings (SSSR count). The van der Waals surface area contributed by atoms with Crippen molar-refractivity contribution in [3.05, 3.63) is 76.7 Å². The Kier molecular flexibility index (Phi) is 3.88. The molecule has 0 unspecified atom stereocenters. The molecule has 0 fully saturated rings. The summed E-state index contributed by atoms with van der Waals surface area (Å²) >= 11 is 0. The number of hydrogen-bond donors (Lipinski definition) is 0. The third-order valence-corrected chi connectivity index (χ3v) is 3.44. The number of rotatable bonds is 4. The molecule has 0 aliphatic rings. The molecule has 22 heavy (non-hydrogen) atoms. The maximum atomic E-state index is 12.2. The highest BCUT2D eigenvalue weighted by Gasteiger charge is 2.04. The van der Waals surface area contributed by atoms with Crippen LogP contribution < -0.4 is 10.3 Å². The van der Waals surface area contributed by atoms with Crippen molar-refractivity contribution in [2.75, 3.05) is 0 Å². The van der Waals surface area contributed by atoms with E-state index in [0.717, 1.165) is 10.9 Å². The molecule has 2 aromatic carbocycles. The van der Waals surface area contributed by atoms with Gasteiger partial charge in [0.05, 0.1) is 6.07 Å². The quantitative estimate of drug-likeness (QED) is 0.742. The Morgan fingerprint density at radius 2 is 1.91 bits per heavy atom. The van der Waals surface area contributed by atoms with Gasteiger partial charge in [-0.1, -0.05) is 30.3 Å². The number of fused-ring (bicyclic) bond motifs is 1. The fraction of sp³-hybridized carbons (Fsp3) is 0.111. The van der Waals surface area contributed by atoms with Crippen molar-refractivity contribution in [1.82, 2.24) is 4.57 Å². The first-order valence-electron chi connectivity index (χ1n) is 6.95. The van der Waals surface area contributed by atoms with Gasteiger partial charge in [-0.15, -0.1) is 0 Å². The first kappa shape index (κ1) is 13.9. The van der Waals surface area contributed by atoms with E-state index in [2.05, 4.69) is 0 Å². The van der Waals surface area contributed by atoms with Crippen LogP contribution in [0, 0.1) is 11.3 Å². The van der Waals surface area contributed by atoms with Crippen molar-refractivity contribution in [3.63, 3.8) is 0 Å². The number of nitrogens with zero attached hydrogens (tertiary/aromatic N) is 2. The topological polar surface area (TPSA) is 55.0 Å². The SMILES string of the molecule is N#CCn1ccc2cc(OCc3ccccc3)ccc2c1=O. The first-order chi connectivity index (χ1) is 10.8. The number of nitriles is 1. The molecule has 4 nitrogen and oxygen atoms in total. The maximum Gasteiger partial charge on any atom is 0.259 e. The average Bonchev–Trinajstić information content (AvgIpc) is 2.56. The fourth-order valence-corrected chi connectivity index (χ4v) is 2.30. The van der Waals surface area contributed by atoms with Crippen LogP contribution >= 0.6 is 0 Å². The van der Waals surface area contributed by atoms with E-state index in [-0.39, 0.29) is 12.1 Å². The van der Waals surface area contributed by atoms with E-state index in [1.165, 1.54) is 4.57 Å². The standard InChI is InChI=1S/C18H14N2O2/c19-9-11-20-10-8-15-12-16(6-7-17(15)18(20)21)22-13-14-4-2-1-3-5-14/h1-8,10,12H,11,13H2. The number of ether oxygens (including phenoxy) is 1. The molecule has 1 heterocycles. The Balaban J connectivity index is 1.86. The molecule has 0 spiro atoms. The van der Waals surface area contributed by atoms with Gasteiger partial charge in [-0.25, -0.2) is 0 Å². The molecule has 0 saturated carbocycles. The molecule has 0 radical (unpaired) electrons. The van der Waals surface area contributed by atoms with E-state index in [1.807, 2.05) is 48.5 Å². The third-order valence-electron chi connectivity index (χ3n) is 3.44. The van der Waals surface area contributed by atoms with Crippen molar-refractivity contribution in [3.8, 4) is 11.8 Å². The van der Waals surface area contributed by atoms with Crippen molar-refractivity contribution < 1.29 is 4.74 Å². The highest BCUT2D eigenvalue weighted by atomic mass is 16.5. The predicted octanol–water partition coefficient (Wildman–Crippen LogP) is 3.10. The van der Waals surface area contributed by atoms with Crippen molar-refractivity contribution in [1.29, 1.82) is 5.26 Å².